The summed E-state index contributed by atoms with van der Waals surface area (Å²) in [6, 6.07) is 12.9. The van der Waals surface area contributed by atoms with E-state index in [1.54, 1.807) is 0 Å². The molecule has 0 aliphatic rings. The molecule has 0 saturated carbocycles. The summed E-state index contributed by atoms with van der Waals surface area (Å²) in [5.41, 5.74) is 9.06. The van der Waals surface area contributed by atoms with Crippen molar-refractivity contribution in [2.45, 2.75) is 33.2 Å². The molecule has 2 aromatic rings. The van der Waals surface area contributed by atoms with Gasteiger partial charge in [-0.2, -0.15) is 0 Å². The first-order valence-corrected chi connectivity index (χ1v) is 9.03. The average molecular weight is 393 g/mol. The lowest BCUT2D eigenvalue weighted by atomic mass is 10.1. The topological polar surface area (TPSA) is 73.6 Å². The molecule has 0 spiro atoms. The minimum atomic E-state index is -0.657. The second-order valence-electron chi connectivity index (χ2n) is 6.08. The van der Waals surface area contributed by atoms with Gasteiger partial charge in [-0.15, -0.1) is 12.4 Å². The number of aryl methyl sites for hydroxylation is 1. The number of nitrogens with one attached hydrogen (secondary N) is 1. The Morgan fingerprint density at radius 3 is 2.30 bits per heavy atom. The molecule has 2 rings (SSSR count). The van der Waals surface area contributed by atoms with E-state index >= 15 is 0 Å². The molecule has 0 fully saturated rings. The number of rotatable bonds is 9. The van der Waals surface area contributed by atoms with E-state index in [-0.39, 0.29) is 18.3 Å². The quantitative estimate of drug-likeness (QED) is 0.684. The molecule has 27 heavy (non-hydrogen) atoms. The first-order chi connectivity index (χ1) is 12.5. The Bertz CT molecular complexity index is 720. The van der Waals surface area contributed by atoms with Crippen molar-refractivity contribution in [2.24, 2.45) is 5.73 Å². The second-order valence-corrected chi connectivity index (χ2v) is 6.08. The van der Waals surface area contributed by atoms with E-state index in [2.05, 4.69) is 5.32 Å². The van der Waals surface area contributed by atoms with Crippen LogP contribution in [0.5, 0.6) is 11.5 Å². The lowest BCUT2D eigenvalue weighted by Crippen LogP contribution is -2.35. The van der Waals surface area contributed by atoms with Crippen molar-refractivity contribution >= 4 is 18.3 Å². The highest BCUT2D eigenvalue weighted by Gasteiger charge is 2.15. The second kappa shape index (κ2) is 11.5. The van der Waals surface area contributed by atoms with Gasteiger partial charge in [0.15, 0.2) is 11.5 Å². The lowest BCUT2D eigenvalue weighted by Gasteiger charge is -2.14. The molecular weight excluding hydrogens is 364 g/mol. The van der Waals surface area contributed by atoms with Gasteiger partial charge in [-0.3, -0.25) is 4.79 Å². The maximum Gasteiger partial charge on any atom is 0.241 e. The van der Waals surface area contributed by atoms with Crippen LogP contribution < -0.4 is 20.5 Å². The van der Waals surface area contributed by atoms with Gasteiger partial charge in [0, 0.05) is 6.54 Å². The molecule has 1 unspecified atom stereocenters. The Kier molecular flexibility index (Phi) is 9.68. The molecule has 1 atom stereocenters. The van der Waals surface area contributed by atoms with Gasteiger partial charge in [0.05, 0.1) is 13.2 Å². The highest BCUT2D eigenvalue weighted by atomic mass is 35.5. The van der Waals surface area contributed by atoms with Crippen LogP contribution in [0.4, 0.5) is 0 Å². The van der Waals surface area contributed by atoms with Crippen molar-refractivity contribution in [1.82, 2.24) is 5.32 Å². The van der Waals surface area contributed by atoms with Crippen molar-refractivity contribution in [3.05, 3.63) is 59.2 Å². The summed E-state index contributed by atoms with van der Waals surface area (Å²) >= 11 is 0. The van der Waals surface area contributed by atoms with Crippen LogP contribution in [0.25, 0.3) is 0 Å². The molecule has 6 heteroatoms. The van der Waals surface area contributed by atoms with Crippen molar-refractivity contribution in [3.8, 4) is 11.5 Å². The Balaban J connectivity index is 0.00000364. The first kappa shape index (κ1) is 22.8. The van der Waals surface area contributed by atoms with Crippen molar-refractivity contribution in [1.29, 1.82) is 0 Å². The van der Waals surface area contributed by atoms with Gasteiger partial charge in [0.2, 0.25) is 5.91 Å². The average Bonchev–Trinajstić information content (AvgIpc) is 2.64. The number of halogens is 1. The van der Waals surface area contributed by atoms with Crippen molar-refractivity contribution in [2.75, 3.05) is 19.8 Å². The molecule has 0 bridgehead atoms. The number of amides is 1. The van der Waals surface area contributed by atoms with Crippen molar-refractivity contribution in [3.63, 3.8) is 0 Å². The zero-order valence-corrected chi connectivity index (χ0v) is 17.0. The summed E-state index contributed by atoms with van der Waals surface area (Å²) in [6.45, 7) is 7.56. The first-order valence-electron chi connectivity index (χ1n) is 9.03. The standard InChI is InChI=1S/C21H28N2O3.ClH/c1-4-25-18-11-8-16(14-19(18)26-5-2)12-13-23-21(24)20(22)17-9-6-15(3)7-10-17;/h6-11,14,20H,4-5,12-13,22H2,1-3H3,(H,23,24);1H. The SMILES string of the molecule is CCOc1ccc(CCNC(=O)C(N)c2ccc(C)cc2)cc1OCC.Cl. The fourth-order valence-electron chi connectivity index (χ4n) is 2.62. The van der Waals surface area contributed by atoms with Crippen LogP contribution >= 0.6 is 12.4 Å². The van der Waals surface area contributed by atoms with Crippen LogP contribution in [0.15, 0.2) is 42.5 Å². The summed E-state index contributed by atoms with van der Waals surface area (Å²) in [4.78, 5) is 12.2. The molecule has 1 amide bonds. The van der Waals surface area contributed by atoms with E-state index in [0.717, 1.165) is 28.2 Å². The zero-order chi connectivity index (χ0) is 18.9. The summed E-state index contributed by atoms with van der Waals surface area (Å²) in [5, 5.41) is 2.90. The Hall–Kier alpha value is -2.24. The minimum absolute atomic E-state index is 0. The zero-order valence-electron chi connectivity index (χ0n) is 16.2. The van der Waals surface area contributed by atoms with E-state index in [4.69, 9.17) is 15.2 Å². The van der Waals surface area contributed by atoms with E-state index in [0.29, 0.717) is 26.2 Å². The minimum Gasteiger partial charge on any atom is -0.490 e. The maximum absolute atomic E-state index is 12.2. The van der Waals surface area contributed by atoms with E-state index in [1.807, 2.05) is 63.2 Å². The maximum atomic E-state index is 12.2. The molecular formula is C21H29ClN2O3. The molecule has 0 aliphatic heterocycles. The smallest absolute Gasteiger partial charge is 0.241 e. The summed E-state index contributed by atoms with van der Waals surface area (Å²) in [5.74, 6) is 1.29. The number of hydrogen-bond acceptors (Lipinski definition) is 4. The van der Waals surface area contributed by atoms with E-state index in [1.165, 1.54) is 0 Å². The van der Waals surface area contributed by atoms with Gasteiger partial charge in [-0.1, -0.05) is 35.9 Å². The number of nitrogens with two attached hydrogens (primary N) is 1. The molecule has 0 saturated heterocycles. The molecule has 5 nitrogen and oxygen atoms in total. The Morgan fingerprint density at radius 2 is 1.67 bits per heavy atom. The van der Waals surface area contributed by atoms with Gasteiger partial charge in [0.25, 0.3) is 0 Å². The van der Waals surface area contributed by atoms with Crippen molar-refractivity contribution < 1.29 is 14.3 Å². The van der Waals surface area contributed by atoms with Gasteiger partial charge in [-0.25, -0.2) is 0 Å². The van der Waals surface area contributed by atoms with Gasteiger partial charge in [-0.05, 0) is 50.5 Å². The van der Waals surface area contributed by atoms with Gasteiger partial charge in [0.1, 0.15) is 6.04 Å². The van der Waals surface area contributed by atoms with E-state index in [9.17, 15) is 4.79 Å². The Morgan fingerprint density at radius 1 is 1.04 bits per heavy atom. The fourth-order valence-corrected chi connectivity index (χ4v) is 2.62. The monoisotopic (exact) mass is 392 g/mol. The van der Waals surface area contributed by atoms with Crippen LogP contribution in [0.2, 0.25) is 0 Å². The Labute approximate surface area is 167 Å². The van der Waals surface area contributed by atoms with Crippen LogP contribution in [0.3, 0.4) is 0 Å². The summed E-state index contributed by atoms with van der Waals surface area (Å²) < 4.78 is 11.2. The lowest BCUT2D eigenvalue weighted by molar-refractivity contribution is -0.122. The molecule has 3 N–H and O–H groups in total. The largest absolute Gasteiger partial charge is 0.490 e. The third-order valence-corrected chi connectivity index (χ3v) is 4.04. The van der Waals surface area contributed by atoms with Crippen LogP contribution in [-0.4, -0.2) is 25.7 Å². The third-order valence-electron chi connectivity index (χ3n) is 4.04. The fraction of sp³-hybridized carbons (Fsp3) is 0.381. The molecule has 0 radical (unpaired) electrons. The number of hydrogen-bond donors (Lipinski definition) is 2. The van der Waals surface area contributed by atoms with E-state index < -0.39 is 6.04 Å². The molecule has 0 aliphatic carbocycles. The third kappa shape index (κ3) is 6.77. The van der Waals surface area contributed by atoms with Gasteiger partial charge >= 0.3 is 0 Å². The number of carbonyl (C=O) groups excluding carboxylic acids is 1. The summed E-state index contributed by atoms with van der Waals surface area (Å²) in [7, 11) is 0. The number of benzene rings is 2. The van der Waals surface area contributed by atoms with Crippen LogP contribution in [0, 0.1) is 6.92 Å². The predicted molar refractivity (Wildman–Crippen MR) is 111 cm³/mol. The normalized spacial score (nSPS) is 11.3. The highest BCUT2D eigenvalue weighted by Crippen LogP contribution is 2.28. The molecule has 148 valence electrons. The van der Waals surface area contributed by atoms with Crippen LogP contribution in [-0.2, 0) is 11.2 Å². The highest BCUT2D eigenvalue weighted by molar-refractivity contribution is 5.85. The molecule has 2 aromatic carbocycles. The number of ether oxygens (including phenoxy) is 2. The predicted octanol–water partition coefficient (Wildman–Crippen LogP) is 3.57. The molecule has 0 aromatic heterocycles. The molecule has 0 heterocycles. The van der Waals surface area contributed by atoms with Gasteiger partial charge < -0.3 is 20.5 Å². The number of carbonyl (C=O) groups is 1. The summed E-state index contributed by atoms with van der Waals surface area (Å²) in [6.07, 6.45) is 0.693. The van der Waals surface area contributed by atoms with Crippen LogP contribution in [0.1, 0.15) is 36.6 Å².